The number of nitrogens with zero attached hydrogens (tertiary/aromatic N) is 2. The van der Waals surface area contributed by atoms with E-state index in [0.717, 1.165) is 10.9 Å². The van der Waals surface area contributed by atoms with Gasteiger partial charge in [-0.05, 0) is 12.3 Å². The van der Waals surface area contributed by atoms with Gasteiger partial charge in [0.05, 0.1) is 0 Å². The molecule has 0 bridgehead atoms. The molecule has 4 nitrogen and oxygen atoms in total. The van der Waals surface area contributed by atoms with E-state index in [9.17, 15) is 0 Å². The van der Waals surface area contributed by atoms with Crippen molar-refractivity contribution in [2.75, 3.05) is 20.5 Å². The maximum Gasteiger partial charge on any atom is 0.200 e. The van der Waals surface area contributed by atoms with Gasteiger partial charge >= 0.3 is 0 Å². The number of methoxy groups -OCH3 is 2. The summed E-state index contributed by atoms with van der Waals surface area (Å²) in [6.07, 6.45) is 3.21. The van der Waals surface area contributed by atoms with E-state index in [1.54, 1.807) is 26.5 Å². The van der Waals surface area contributed by atoms with Crippen LogP contribution in [-0.4, -0.2) is 30.4 Å². The van der Waals surface area contributed by atoms with Crippen LogP contribution >= 0.6 is 11.8 Å². The quantitative estimate of drug-likeness (QED) is 0.418. The van der Waals surface area contributed by atoms with Crippen LogP contribution in [0.1, 0.15) is 12.0 Å². The lowest BCUT2D eigenvalue weighted by atomic mass is 10.4. The van der Waals surface area contributed by atoms with Crippen LogP contribution in [0.15, 0.2) is 17.4 Å². The molecule has 0 saturated heterocycles. The number of rotatable bonds is 4. The van der Waals surface area contributed by atoms with Crippen LogP contribution in [0, 0.1) is 0 Å². The van der Waals surface area contributed by atoms with Gasteiger partial charge in [-0.1, -0.05) is 11.8 Å². The maximum absolute atomic E-state index is 5.06. The Labute approximate surface area is 81.7 Å². The molecule has 1 aromatic heterocycles. The molecule has 0 radical (unpaired) electrons. The van der Waals surface area contributed by atoms with E-state index in [-0.39, 0.29) is 0 Å². The molecule has 0 aromatic carbocycles. The first-order chi connectivity index (χ1) is 6.31. The third-order valence-electron chi connectivity index (χ3n) is 1.51. The van der Waals surface area contributed by atoms with Gasteiger partial charge in [0, 0.05) is 20.4 Å². The van der Waals surface area contributed by atoms with E-state index in [2.05, 4.69) is 9.97 Å². The zero-order valence-electron chi connectivity index (χ0n) is 7.85. The van der Waals surface area contributed by atoms with Crippen molar-refractivity contribution < 1.29 is 9.47 Å². The zero-order chi connectivity index (χ0) is 9.68. The van der Waals surface area contributed by atoms with Crippen LogP contribution in [0.4, 0.5) is 0 Å². The first-order valence-corrected chi connectivity index (χ1v) is 4.96. The van der Waals surface area contributed by atoms with Crippen LogP contribution < -0.4 is 0 Å². The van der Waals surface area contributed by atoms with Crippen molar-refractivity contribution in [3.63, 3.8) is 0 Å². The molecule has 0 aliphatic rings. The summed E-state index contributed by atoms with van der Waals surface area (Å²) in [5, 5.41) is 0.719. The molecule has 72 valence electrons. The highest BCUT2D eigenvalue weighted by Crippen LogP contribution is 2.16. The fourth-order valence-corrected chi connectivity index (χ4v) is 1.28. The van der Waals surface area contributed by atoms with Crippen molar-refractivity contribution in [1.82, 2.24) is 9.97 Å². The topological polar surface area (TPSA) is 44.2 Å². The smallest absolute Gasteiger partial charge is 0.200 e. The van der Waals surface area contributed by atoms with Crippen molar-refractivity contribution in [3.05, 3.63) is 18.0 Å². The molecule has 1 aromatic rings. The number of ether oxygens (including phenoxy) is 2. The summed E-state index contributed by atoms with van der Waals surface area (Å²) in [6, 6.07) is 1.78. The maximum atomic E-state index is 5.06. The SMILES string of the molecule is COC(OC)c1ccnc(SC)n1. The van der Waals surface area contributed by atoms with E-state index in [1.807, 2.05) is 6.26 Å². The second kappa shape index (κ2) is 5.16. The molecule has 0 atom stereocenters. The summed E-state index contributed by atoms with van der Waals surface area (Å²) >= 11 is 1.49. The van der Waals surface area contributed by atoms with Gasteiger partial charge in [0.2, 0.25) is 6.29 Å². The molecule has 0 unspecified atom stereocenters. The largest absolute Gasteiger partial charge is 0.350 e. The minimum absolute atomic E-state index is 0.408. The number of hydrogen-bond acceptors (Lipinski definition) is 5. The predicted molar refractivity (Wildman–Crippen MR) is 50.6 cm³/mol. The first-order valence-electron chi connectivity index (χ1n) is 3.74. The van der Waals surface area contributed by atoms with Crippen molar-refractivity contribution >= 4 is 11.8 Å². The zero-order valence-corrected chi connectivity index (χ0v) is 8.67. The highest BCUT2D eigenvalue weighted by molar-refractivity contribution is 7.98. The second-order valence-corrected chi connectivity index (χ2v) is 3.04. The van der Waals surface area contributed by atoms with E-state index in [4.69, 9.17) is 9.47 Å². The second-order valence-electron chi connectivity index (χ2n) is 2.27. The van der Waals surface area contributed by atoms with Crippen molar-refractivity contribution in [1.29, 1.82) is 0 Å². The molecule has 5 heteroatoms. The molecule has 1 rings (SSSR count). The Morgan fingerprint density at radius 2 is 2.08 bits per heavy atom. The number of thioether (sulfide) groups is 1. The summed E-state index contributed by atoms with van der Waals surface area (Å²) in [7, 11) is 3.16. The molecule has 0 saturated carbocycles. The number of aromatic nitrogens is 2. The normalized spacial score (nSPS) is 10.8. The lowest BCUT2D eigenvalue weighted by Gasteiger charge is -2.12. The lowest BCUT2D eigenvalue weighted by molar-refractivity contribution is -0.109. The molecule has 1 heterocycles. The summed E-state index contributed by atoms with van der Waals surface area (Å²) < 4.78 is 10.1. The van der Waals surface area contributed by atoms with E-state index in [0.29, 0.717) is 0 Å². The fourth-order valence-electron chi connectivity index (χ4n) is 0.921. The average Bonchev–Trinajstić information content (AvgIpc) is 2.20. The Bertz CT molecular complexity index is 266. The van der Waals surface area contributed by atoms with E-state index >= 15 is 0 Å². The Hall–Kier alpha value is -0.650. The van der Waals surface area contributed by atoms with Crippen LogP contribution in [0.5, 0.6) is 0 Å². The number of hydrogen-bond donors (Lipinski definition) is 0. The van der Waals surface area contributed by atoms with Gasteiger partial charge in [-0.2, -0.15) is 0 Å². The molecular formula is C8H12N2O2S. The molecular weight excluding hydrogens is 188 g/mol. The van der Waals surface area contributed by atoms with Gasteiger partial charge in [-0.15, -0.1) is 0 Å². The minimum atomic E-state index is -0.408. The molecule has 0 spiro atoms. The Morgan fingerprint density at radius 3 is 2.62 bits per heavy atom. The van der Waals surface area contributed by atoms with Crippen molar-refractivity contribution in [3.8, 4) is 0 Å². The van der Waals surface area contributed by atoms with Crippen LogP contribution in [-0.2, 0) is 9.47 Å². The first kappa shape index (κ1) is 10.4. The van der Waals surface area contributed by atoms with E-state index in [1.165, 1.54) is 11.8 Å². The third kappa shape index (κ3) is 2.65. The summed E-state index contributed by atoms with van der Waals surface area (Å²) in [5.41, 5.74) is 0.740. The molecule has 0 aliphatic carbocycles. The van der Waals surface area contributed by atoms with Crippen LogP contribution in [0.25, 0.3) is 0 Å². The average molecular weight is 200 g/mol. The highest BCUT2D eigenvalue weighted by atomic mass is 32.2. The Morgan fingerprint density at radius 1 is 1.38 bits per heavy atom. The summed E-state index contributed by atoms with van der Waals surface area (Å²) in [5.74, 6) is 0. The van der Waals surface area contributed by atoms with Crippen molar-refractivity contribution in [2.45, 2.75) is 11.4 Å². The van der Waals surface area contributed by atoms with Gasteiger partial charge in [-0.25, -0.2) is 9.97 Å². The Balaban J connectivity index is 2.86. The lowest BCUT2D eigenvalue weighted by Crippen LogP contribution is -2.06. The van der Waals surface area contributed by atoms with Crippen LogP contribution in [0.2, 0.25) is 0 Å². The van der Waals surface area contributed by atoms with Gasteiger partial charge in [0.15, 0.2) is 5.16 Å². The van der Waals surface area contributed by atoms with Gasteiger partial charge in [0.1, 0.15) is 5.69 Å². The molecule has 0 aliphatic heterocycles. The highest BCUT2D eigenvalue weighted by Gasteiger charge is 2.10. The predicted octanol–water partition coefficient (Wildman–Crippen LogP) is 1.49. The minimum Gasteiger partial charge on any atom is -0.350 e. The fraction of sp³-hybridized carbons (Fsp3) is 0.500. The molecule has 0 amide bonds. The summed E-state index contributed by atoms with van der Waals surface area (Å²) in [4.78, 5) is 8.28. The molecule has 0 fully saturated rings. The molecule has 13 heavy (non-hydrogen) atoms. The van der Waals surface area contributed by atoms with Crippen LogP contribution in [0.3, 0.4) is 0 Å². The van der Waals surface area contributed by atoms with Gasteiger partial charge in [-0.3, -0.25) is 0 Å². The summed E-state index contributed by atoms with van der Waals surface area (Å²) in [6.45, 7) is 0. The van der Waals surface area contributed by atoms with Gasteiger partial charge in [0.25, 0.3) is 0 Å². The third-order valence-corrected chi connectivity index (χ3v) is 2.07. The molecule has 0 N–H and O–H groups in total. The Kier molecular flexibility index (Phi) is 4.14. The van der Waals surface area contributed by atoms with Crippen molar-refractivity contribution in [2.24, 2.45) is 0 Å². The van der Waals surface area contributed by atoms with Gasteiger partial charge < -0.3 is 9.47 Å². The van der Waals surface area contributed by atoms with E-state index < -0.39 is 6.29 Å². The standard InChI is InChI=1S/C8H12N2O2S/c1-11-7(12-2)6-4-5-9-8(10-6)13-3/h4-5,7H,1-3H3. The monoisotopic (exact) mass is 200 g/mol.